The number of nitrogens with zero attached hydrogens (tertiary/aromatic N) is 3. The Morgan fingerprint density at radius 1 is 1.29 bits per heavy atom. The number of aromatic nitrogens is 2. The van der Waals surface area contributed by atoms with Gasteiger partial charge in [0.15, 0.2) is 5.52 Å². The quantitative estimate of drug-likeness (QED) is 0.843. The van der Waals surface area contributed by atoms with E-state index < -0.39 is 29.2 Å². The van der Waals surface area contributed by atoms with Gasteiger partial charge in [0.2, 0.25) is 10.0 Å². The molecule has 21 heavy (non-hydrogen) atoms. The molecular weight excluding hydrogens is 311 g/mol. The zero-order valence-corrected chi connectivity index (χ0v) is 11.8. The lowest BCUT2D eigenvalue weighted by molar-refractivity contribution is -0.135. The van der Waals surface area contributed by atoms with Gasteiger partial charge in [-0.05, 0) is 22.4 Å². The first kappa shape index (κ1) is 15.7. The zero-order chi connectivity index (χ0) is 15.7. The number of rotatable bonds is 5. The largest absolute Gasteiger partial charge is 0.390 e. The van der Waals surface area contributed by atoms with E-state index in [1.165, 1.54) is 25.1 Å². The predicted octanol–water partition coefficient (Wildman–Crippen LogP) is 2.19. The maximum absolute atomic E-state index is 12.4. The molecule has 0 saturated heterocycles. The zero-order valence-electron chi connectivity index (χ0n) is 11.0. The molecule has 2 aromatic rings. The Morgan fingerprint density at radius 2 is 2.00 bits per heavy atom. The van der Waals surface area contributed by atoms with Crippen LogP contribution < -0.4 is 0 Å². The molecule has 1 heterocycles. The van der Waals surface area contributed by atoms with Crippen LogP contribution in [-0.4, -0.2) is 42.3 Å². The van der Waals surface area contributed by atoms with Crippen LogP contribution in [-0.2, 0) is 10.0 Å². The second-order valence-electron chi connectivity index (χ2n) is 4.25. The fourth-order valence-electron chi connectivity index (χ4n) is 1.83. The second-order valence-corrected chi connectivity index (χ2v) is 6.16. The maximum atomic E-state index is 12.4. The van der Waals surface area contributed by atoms with E-state index in [1.807, 2.05) is 0 Å². The van der Waals surface area contributed by atoms with E-state index in [2.05, 4.69) is 14.9 Å². The average Bonchev–Trinajstić information content (AvgIpc) is 2.85. The number of alkyl halides is 3. The number of fused-ring (bicyclic) bond motifs is 1. The lowest BCUT2D eigenvalue weighted by atomic mass is 10.3. The molecule has 1 aromatic heterocycles. The minimum Gasteiger partial charge on any atom is -0.243 e. The smallest absolute Gasteiger partial charge is 0.243 e. The summed E-state index contributed by atoms with van der Waals surface area (Å²) in [6.45, 7) is 0.735. The Balaban J connectivity index is 2.37. The normalized spacial score (nSPS) is 13.2. The molecule has 0 N–H and O–H groups in total. The third-order valence-corrected chi connectivity index (χ3v) is 4.87. The van der Waals surface area contributed by atoms with Gasteiger partial charge in [0, 0.05) is 13.1 Å². The van der Waals surface area contributed by atoms with Crippen LogP contribution >= 0.6 is 0 Å². The molecule has 0 aliphatic heterocycles. The third-order valence-electron chi connectivity index (χ3n) is 2.86. The summed E-state index contributed by atoms with van der Waals surface area (Å²) in [7, 11) is -4.10. The molecule has 0 saturated carbocycles. The first-order chi connectivity index (χ1) is 9.75. The van der Waals surface area contributed by atoms with Crippen molar-refractivity contribution in [1.29, 1.82) is 0 Å². The van der Waals surface area contributed by atoms with Crippen LogP contribution in [0.3, 0.4) is 0 Å². The van der Waals surface area contributed by atoms with Crippen LogP contribution in [0.4, 0.5) is 13.2 Å². The molecule has 0 aliphatic carbocycles. The number of halogens is 3. The van der Waals surface area contributed by atoms with Gasteiger partial charge in [-0.1, -0.05) is 13.0 Å². The molecule has 0 aliphatic rings. The summed E-state index contributed by atoms with van der Waals surface area (Å²) < 4.78 is 67.0. The average molecular weight is 323 g/mol. The summed E-state index contributed by atoms with van der Waals surface area (Å²) in [4.78, 5) is -0.217. The lowest BCUT2D eigenvalue weighted by Gasteiger charge is -2.21. The molecule has 0 unspecified atom stereocenters. The highest BCUT2D eigenvalue weighted by molar-refractivity contribution is 7.89. The monoisotopic (exact) mass is 323 g/mol. The predicted molar refractivity (Wildman–Crippen MR) is 66.9 cm³/mol. The van der Waals surface area contributed by atoms with Gasteiger partial charge in [0.05, 0.1) is 6.42 Å². The molecule has 0 spiro atoms. The van der Waals surface area contributed by atoms with E-state index in [9.17, 15) is 21.6 Å². The van der Waals surface area contributed by atoms with Crippen molar-refractivity contribution >= 4 is 21.1 Å². The molecule has 116 valence electrons. The Morgan fingerprint density at radius 3 is 2.62 bits per heavy atom. The lowest BCUT2D eigenvalue weighted by Crippen LogP contribution is -2.34. The number of benzene rings is 1. The van der Waals surface area contributed by atoms with E-state index >= 15 is 0 Å². The highest BCUT2D eigenvalue weighted by atomic mass is 32.2. The topological polar surface area (TPSA) is 76.3 Å². The molecular formula is C11H12F3N3O3S. The van der Waals surface area contributed by atoms with Crippen LogP contribution in [0.2, 0.25) is 0 Å². The van der Waals surface area contributed by atoms with Gasteiger partial charge in [0.1, 0.15) is 10.4 Å². The van der Waals surface area contributed by atoms with Crippen LogP contribution in [0.15, 0.2) is 27.7 Å². The highest BCUT2D eigenvalue weighted by Crippen LogP contribution is 2.25. The van der Waals surface area contributed by atoms with Crippen molar-refractivity contribution in [2.24, 2.45) is 0 Å². The first-order valence-corrected chi connectivity index (χ1v) is 7.48. The molecule has 0 fully saturated rings. The molecule has 6 nitrogen and oxygen atoms in total. The number of hydrogen-bond acceptors (Lipinski definition) is 5. The van der Waals surface area contributed by atoms with Crippen molar-refractivity contribution in [3.63, 3.8) is 0 Å². The van der Waals surface area contributed by atoms with E-state index in [0.29, 0.717) is 0 Å². The van der Waals surface area contributed by atoms with Gasteiger partial charge in [-0.2, -0.15) is 17.5 Å². The van der Waals surface area contributed by atoms with E-state index in [-0.39, 0.29) is 22.5 Å². The number of sulfonamides is 1. The minimum atomic E-state index is -4.43. The van der Waals surface area contributed by atoms with Gasteiger partial charge < -0.3 is 0 Å². The van der Waals surface area contributed by atoms with Gasteiger partial charge >= 0.3 is 6.18 Å². The fraction of sp³-hybridized carbons (Fsp3) is 0.455. The minimum absolute atomic E-state index is 0.00274. The highest BCUT2D eigenvalue weighted by Gasteiger charge is 2.32. The Labute approximate surface area is 118 Å². The van der Waals surface area contributed by atoms with Crippen molar-refractivity contribution in [3.8, 4) is 0 Å². The second kappa shape index (κ2) is 5.60. The van der Waals surface area contributed by atoms with Crippen molar-refractivity contribution in [1.82, 2.24) is 14.6 Å². The van der Waals surface area contributed by atoms with Crippen molar-refractivity contribution in [3.05, 3.63) is 18.2 Å². The molecule has 1 aromatic carbocycles. The number of hydrogen-bond donors (Lipinski definition) is 0. The maximum Gasteiger partial charge on any atom is 0.390 e. The van der Waals surface area contributed by atoms with Crippen molar-refractivity contribution < 1.29 is 26.2 Å². The van der Waals surface area contributed by atoms with E-state index in [1.54, 1.807) is 0 Å². The Hall–Kier alpha value is -1.68. The van der Waals surface area contributed by atoms with Crippen LogP contribution in [0.1, 0.15) is 13.3 Å². The van der Waals surface area contributed by atoms with Crippen molar-refractivity contribution in [2.75, 3.05) is 13.1 Å². The van der Waals surface area contributed by atoms with Crippen LogP contribution in [0.25, 0.3) is 11.0 Å². The molecule has 10 heteroatoms. The van der Waals surface area contributed by atoms with Gasteiger partial charge in [-0.3, -0.25) is 0 Å². The summed E-state index contributed by atoms with van der Waals surface area (Å²) in [6, 6.07) is 4.19. The SMILES string of the molecule is CCN(CCC(F)(F)F)S(=O)(=O)c1cccc2nonc12. The fourth-order valence-corrected chi connectivity index (χ4v) is 3.41. The standard InChI is InChI=1S/C11H12F3N3O3S/c1-2-17(7-6-11(12,13)14)21(18,19)9-5-3-4-8-10(9)16-20-15-8/h3-5H,2,6-7H2,1H3. The summed E-state index contributed by atoms with van der Waals surface area (Å²) in [6.07, 6.45) is -5.64. The van der Waals surface area contributed by atoms with Crippen LogP contribution in [0.5, 0.6) is 0 Å². The Bertz CT molecular complexity index is 727. The summed E-state index contributed by atoms with van der Waals surface area (Å²) in [5.41, 5.74) is 0.228. The van der Waals surface area contributed by atoms with Gasteiger partial charge in [0.25, 0.3) is 0 Å². The molecule has 0 bridgehead atoms. The molecule has 2 rings (SSSR count). The van der Waals surface area contributed by atoms with Crippen molar-refractivity contribution in [2.45, 2.75) is 24.4 Å². The summed E-state index contributed by atoms with van der Waals surface area (Å²) >= 11 is 0. The van der Waals surface area contributed by atoms with Crippen LogP contribution in [0, 0.1) is 0 Å². The van der Waals surface area contributed by atoms with E-state index in [0.717, 1.165) is 4.31 Å². The Kier molecular flexibility index (Phi) is 4.19. The third kappa shape index (κ3) is 3.32. The van der Waals surface area contributed by atoms with E-state index in [4.69, 9.17) is 0 Å². The van der Waals surface area contributed by atoms with Gasteiger partial charge in [-0.15, -0.1) is 0 Å². The molecule has 0 amide bonds. The van der Waals surface area contributed by atoms with Gasteiger partial charge in [-0.25, -0.2) is 13.0 Å². The first-order valence-electron chi connectivity index (χ1n) is 6.04. The summed E-state index contributed by atoms with van der Waals surface area (Å²) in [5.74, 6) is 0. The molecule has 0 radical (unpaired) electrons. The summed E-state index contributed by atoms with van der Waals surface area (Å²) in [5, 5.41) is 7.01. The molecule has 0 atom stereocenters.